The van der Waals surface area contributed by atoms with E-state index in [1.165, 1.54) is 30.4 Å². The molecule has 0 spiro atoms. The zero-order valence-electron chi connectivity index (χ0n) is 14.0. The fourth-order valence-electron chi connectivity index (χ4n) is 4.10. The van der Waals surface area contributed by atoms with Crippen LogP contribution in [-0.4, -0.2) is 49.0 Å². The molecule has 1 aromatic rings. The minimum Gasteiger partial charge on any atom is -0.497 e. The molecule has 0 aromatic heterocycles. The number of piperazine rings is 1. The van der Waals surface area contributed by atoms with Gasteiger partial charge in [-0.05, 0) is 55.4 Å². The molecule has 1 atom stereocenters. The van der Waals surface area contributed by atoms with Crippen molar-refractivity contribution in [1.82, 2.24) is 9.80 Å². The van der Waals surface area contributed by atoms with Crippen molar-refractivity contribution in [3.63, 3.8) is 0 Å². The number of benzene rings is 1. The van der Waals surface area contributed by atoms with Gasteiger partial charge in [-0.25, -0.2) is 0 Å². The Morgan fingerprint density at radius 1 is 1.13 bits per heavy atom. The van der Waals surface area contributed by atoms with E-state index >= 15 is 0 Å². The van der Waals surface area contributed by atoms with Crippen molar-refractivity contribution in [1.29, 1.82) is 0 Å². The molecule has 0 N–H and O–H groups in total. The van der Waals surface area contributed by atoms with E-state index in [0.29, 0.717) is 17.9 Å². The summed E-state index contributed by atoms with van der Waals surface area (Å²) in [5, 5.41) is 0. The number of carbonyl (C=O) groups excluding carboxylic acids is 1. The van der Waals surface area contributed by atoms with Crippen LogP contribution in [0.2, 0.25) is 0 Å². The highest BCUT2D eigenvalue weighted by Gasteiger charge is 2.36. The summed E-state index contributed by atoms with van der Waals surface area (Å²) in [6.45, 7) is 3.79. The second-order valence-corrected chi connectivity index (χ2v) is 7.11. The van der Waals surface area contributed by atoms with Gasteiger partial charge in [0, 0.05) is 38.1 Å². The predicted octanol–water partition coefficient (Wildman–Crippen LogP) is 2.63. The van der Waals surface area contributed by atoms with Crippen LogP contribution in [0.15, 0.2) is 18.2 Å². The number of ether oxygens (including phenoxy) is 1. The van der Waals surface area contributed by atoms with Crippen LogP contribution < -0.4 is 4.74 Å². The Morgan fingerprint density at radius 3 is 2.61 bits per heavy atom. The quantitative estimate of drug-likeness (QED) is 0.860. The van der Waals surface area contributed by atoms with Crippen LogP contribution >= 0.6 is 0 Å². The number of hydrogen-bond donors (Lipinski definition) is 0. The highest BCUT2D eigenvalue weighted by molar-refractivity contribution is 5.81. The summed E-state index contributed by atoms with van der Waals surface area (Å²) in [6.07, 6.45) is 5.86. The summed E-state index contributed by atoms with van der Waals surface area (Å²) in [7, 11) is 1.74. The average Bonchev–Trinajstić information content (AvgIpc) is 3.45. The van der Waals surface area contributed by atoms with Crippen molar-refractivity contribution < 1.29 is 9.53 Å². The lowest BCUT2D eigenvalue weighted by atomic mass is 9.86. The van der Waals surface area contributed by atoms with Gasteiger partial charge in [0.1, 0.15) is 5.75 Å². The first-order valence-corrected chi connectivity index (χ1v) is 8.96. The number of hydrogen-bond acceptors (Lipinski definition) is 3. The van der Waals surface area contributed by atoms with Gasteiger partial charge in [0.25, 0.3) is 0 Å². The molecule has 1 saturated carbocycles. The molecule has 0 radical (unpaired) electrons. The molecule has 1 aliphatic heterocycles. The largest absolute Gasteiger partial charge is 0.497 e. The summed E-state index contributed by atoms with van der Waals surface area (Å²) in [4.78, 5) is 16.9. The maximum Gasteiger partial charge on any atom is 0.225 e. The van der Waals surface area contributed by atoms with E-state index in [9.17, 15) is 4.79 Å². The van der Waals surface area contributed by atoms with Gasteiger partial charge >= 0.3 is 0 Å². The number of nitrogens with zero attached hydrogens (tertiary/aromatic N) is 2. The maximum absolute atomic E-state index is 12.2. The van der Waals surface area contributed by atoms with Crippen LogP contribution in [0.25, 0.3) is 0 Å². The molecule has 1 saturated heterocycles. The standard InChI is InChI=1S/C19H26N2O2/c1-23-16-8-7-14-3-2-4-18(17(14)13-16)20-9-11-21(12-10-20)19(22)15-5-6-15/h7-8,13,15,18H,2-6,9-12H2,1H3/t18-/m0/s1. The first kappa shape index (κ1) is 15.0. The molecule has 2 aliphatic carbocycles. The molecular formula is C19H26N2O2. The van der Waals surface area contributed by atoms with Crippen LogP contribution in [-0.2, 0) is 11.2 Å². The maximum atomic E-state index is 12.2. The van der Waals surface area contributed by atoms with Crippen LogP contribution in [0.3, 0.4) is 0 Å². The molecule has 3 aliphatic rings. The molecule has 0 bridgehead atoms. The topological polar surface area (TPSA) is 32.8 Å². The Bertz CT molecular complexity index is 589. The molecule has 0 unspecified atom stereocenters. The van der Waals surface area contributed by atoms with Crippen LogP contribution in [0.1, 0.15) is 42.9 Å². The zero-order chi connectivity index (χ0) is 15.8. The zero-order valence-corrected chi connectivity index (χ0v) is 14.0. The highest BCUT2D eigenvalue weighted by atomic mass is 16.5. The van der Waals surface area contributed by atoms with Crippen LogP contribution in [0.5, 0.6) is 5.75 Å². The van der Waals surface area contributed by atoms with E-state index in [-0.39, 0.29) is 0 Å². The van der Waals surface area contributed by atoms with E-state index < -0.39 is 0 Å². The van der Waals surface area contributed by atoms with Gasteiger partial charge in [-0.3, -0.25) is 9.69 Å². The molecule has 4 nitrogen and oxygen atoms in total. The highest BCUT2D eigenvalue weighted by Crippen LogP contribution is 2.37. The summed E-state index contributed by atoms with van der Waals surface area (Å²) in [5.74, 6) is 1.70. The van der Waals surface area contributed by atoms with Gasteiger partial charge in [-0.15, -0.1) is 0 Å². The number of fused-ring (bicyclic) bond motifs is 1. The smallest absolute Gasteiger partial charge is 0.225 e. The van der Waals surface area contributed by atoms with E-state index in [4.69, 9.17) is 4.74 Å². The molecule has 1 amide bonds. The van der Waals surface area contributed by atoms with Gasteiger partial charge in [0.2, 0.25) is 5.91 Å². The second kappa shape index (κ2) is 6.16. The Kier molecular flexibility index (Phi) is 4.02. The van der Waals surface area contributed by atoms with Crippen molar-refractivity contribution in [3.8, 4) is 5.75 Å². The number of amides is 1. The Labute approximate surface area is 138 Å². The van der Waals surface area contributed by atoms with E-state index in [1.807, 2.05) is 0 Å². The summed E-state index contributed by atoms with van der Waals surface area (Å²) < 4.78 is 5.43. The molecule has 1 heterocycles. The summed E-state index contributed by atoms with van der Waals surface area (Å²) >= 11 is 0. The lowest BCUT2D eigenvalue weighted by molar-refractivity contribution is -0.134. The molecule has 4 heteroatoms. The Hall–Kier alpha value is -1.55. The third-order valence-electron chi connectivity index (χ3n) is 5.63. The second-order valence-electron chi connectivity index (χ2n) is 7.11. The molecule has 4 rings (SSSR count). The Morgan fingerprint density at radius 2 is 1.91 bits per heavy atom. The van der Waals surface area contributed by atoms with Gasteiger partial charge in [-0.2, -0.15) is 0 Å². The lowest BCUT2D eigenvalue weighted by Crippen LogP contribution is -2.50. The van der Waals surface area contributed by atoms with E-state index in [0.717, 1.165) is 44.8 Å². The fraction of sp³-hybridized carbons (Fsp3) is 0.632. The SMILES string of the molecule is COc1ccc2c(c1)[C@@H](N1CCN(C(=O)C3CC3)CC1)CCC2. The third kappa shape index (κ3) is 2.97. The average molecular weight is 314 g/mol. The van der Waals surface area contributed by atoms with Crippen LogP contribution in [0.4, 0.5) is 0 Å². The Balaban J connectivity index is 1.46. The normalized spacial score (nSPS) is 25.1. The van der Waals surface area contributed by atoms with Gasteiger partial charge in [0.05, 0.1) is 7.11 Å². The molecule has 1 aromatic carbocycles. The molecule has 2 fully saturated rings. The predicted molar refractivity (Wildman–Crippen MR) is 89.6 cm³/mol. The lowest BCUT2D eigenvalue weighted by Gasteiger charge is -2.41. The minimum absolute atomic E-state index is 0.348. The summed E-state index contributed by atoms with van der Waals surface area (Å²) in [5.41, 5.74) is 2.91. The first-order valence-electron chi connectivity index (χ1n) is 8.96. The summed E-state index contributed by atoms with van der Waals surface area (Å²) in [6, 6.07) is 7.02. The third-order valence-corrected chi connectivity index (χ3v) is 5.63. The fourth-order valence-corrected chi connectivity index (χ4v) is 4.10. The molecule has 124 valence electrons. The van der Waals surface area contributed by atoms with Gasteiger partial charge < -0.3 is 9.64 Å². The number of rotatable bonds is 3. The first-order chi connectivity index (χ1) is 11.3. The van der Waals surface area contributed by atoms with Crippen LogP contribution in [0, 0.1) is 5.92 Å². The number of aryl methyl sites for hydroxylation is 1. The van der Waals surface area contributed by atoms with Gasteiger partial charge in [0.15, 0.2) is 0 Å². The molecule has 23 heavy (non-hydrogen) atoms. The van der Waals surface area contributed by atoms with Crippen molar-refractivity contribution >= 4 is 5.91 Å². The van der Waals surface area contributed by atoms with Crippen molar-refractivity contribution in [2.45, 2.75) is 38.1 Å². The van der Waals surface area contributed by atoms with Gasteiger partial charge in [-0.1, -0.05) is 6.07 Å². The van der Waals surface area contributed by atoms with E-state index in [2.05, 4.69) is 28.0 Å². The minimum atomic E-state index is 0.348. The van der Waals surface area contributed by atoms with Crippen molar-refractivity contribution in [3.05, 3.63) is 29.3 Å². The number of methoxy groups -OCH3 is 1. The van der Waals surface area contributed by atoms with E-state index in [1.54, 1.807) is 7.11 Å². The monoisotopic (exact) mass is 314 g/mol. The molecular weight excluding hydrogens is 288 g/mol. The van der Waals surface area contributed by atoms with Crippen molar-refractivity contribution in [2.24, 2.45) is 5.92 Å². The van der Waals surface area contributed by atoms with Crippen molar-refractivity contribution in [2.75, 3.05) is 33.3 Å². The number of carbonyl (C=O) groups is 1.